The van der Waals surface area contributed by atoms with Crippen LogP contribution >= 0.6 is 11.8 Å². The van der Waals surface area contributed by atoms with Gasteiger partial charge in [-0.1, -0.05) is 38.1 Å². The molecule has 0 aliphatic rings. The van der Waals surface area contributed by atoms with E-state index in [1.165, 1.54) is 16.0 Å². The van der Waals surface area contributed by atoms with Gasteiger partial charge in [0.25, 0.3) is 0 Å². The first kappa shape index (κ1) is 15.2. The van der Waals surface area contributed by atoms with E-state index in [-0.39, 0.29) is 6.04 Å². The van der Waals surface area contributed by atoms with Crippen molar-refractivity contribution in [3.8, 4) is 0 Å². The van der Waals surface area contributed by atoms with Crippen LogP contribution in [-0.4, -0.2) is 5.75 Å². The van der Waals surface area contributed by atoms with Crippen molar-refractivity contribution in [3.05, 3.63) is 53.5 Å². The standard InChI is InChI=1S/C17H23NOS/c1-12(2)10-14-4-6-15(7-5-14)16(18)11-20-17-8-9-19-13(17)3/h4-9,12,16H,10-11,18H2,1-3H3. The molecule has 0 saturated carbocycles. The summed E-state index contributed by atoms with van der Waals surface area (Å²) in [6.45, 7) is 6.46. The highest BCUT2D eigenvalue weighted by Crippen LogP contribution is 2.27. The molecule has 0 bridgehead atoms. The Kier molecular flexibility index (Phi) is 5.32. The van der Waals surface area contributed by atoms with Crippen LogP contribution in [0.3, 0.4) is 0 Å². The molecule has 0 aliphatic heterocycles. The van der Waals surface area contributed by atoms with E-state index in [2.05, 4.69) is 38.1 Å². The van der Waals surface area contributed by atoms with Gasteiger partial charge in [-0.05, 0) is 36.5 Å². The summed E-state index contributed by atoms with van der Waals surface area (Å²) in [6, 6.07) is 10.8. The number of nitrogens with two attached hydrogens (primary N) is 1. The Morgan fingerprint density at radius 3 is 2.40 bits per heavy atom. The third-order valence-corrected chi connectivity index (χ3v) is 4.54. The maximum absolute atomic E-state index is 6.26. The Labute approximate surface area is 125 Å². The highest BCUT2D eigenvalue weighted by Gasteiger charge is 2.09. The molecule has 0 radical (unpaired) electrons. The molecule has 1 aromatic carbocycles. The molecule has 108 valence electrons. The van der Waals surface area contributed by atoms with Gasteiger partial charge in [-0.25, -0.2) is 0 Å². The van der Waals surface area contributed by atoms with Crippen molar-refractivity contribution >= 4 is 11.8 Å². The monoisotopic (exact) mass is 289 g/mol. The number of hydrogen-bond donors (Lipinski definition) is 1. The quantitative estimate of drug-likeness (QED) is 0.791. The van der Waals surface area contributed by atoms with Crippen LogP contribution in [-0.2, 0) is 6.42 Å². The third kappa shape index (κ3) is 4.15. The van der Waals surface area contributed by atoms with Crippen molar-refractivity contribution in [2.75, 3.05) is 5.75 Å². The van der Waals surface area contributed by atoms with Crippen molar-refractivity contribution in [2.24, 2.45) is 11.7 Å². The summed E-state index contributed by atoms with van der Waals surface area (Å²) < 4.78 is 5.29. The number of furan rings is 1. The highest BCUT2D eigenvalue weighted by atomic mass is 32.2. The van der Waals surface area contributed by atoms with Crippen LogP contribution in [0.5, 0.6) is 0 Å². The Morgan fingerprint density at radius 2 is 1.85 bits per heavy atom. The van der Waals surface area contributed by atoms with Crippen molar-refractivity contribution in [1.29, 1.82) is 0 Å². The van der Waals surface area contributed by atoms with Gasteiger partial charge in [-0.2, -0.15) is 0 Å². The molecule has 3 heteroatoms. The summed E-state index contributed by atoms with van der Waals surface area (Å²) >= 11 is 1.75. The summed E-state index contributed by atoms with van der Waals surface area (Å²) in [5.74, 6) is 2.52. The Morgan fingerprint density at radius 1 is 1.15 bits per heavy atom. The first-order chi connectivity index (χ1) is 9.56. The molecule has 0 amide bonds. The molecular formula is C17H23NOS. The van der Waals surface area contributed by atoms with E-state index in [0.29, 0.717) is 5.92 Å². The van der Waals surface area contributed by atoms with Gasteiger partial charge in [0.2, 0.25) is 0 Å². The second-order valence-corrected chi connectivity index (χ2v) is 6.66. The molecule has 0 fully saturated rings. The summed E-state index contributed by atoms with van der Waals surface area (Å²) in [4.78, 5) is 1.18. The predicted molar refractivity (Wildman–Crippen MR) is 86.1 cm³/mol. The molecule has 2 rings (SSSR count). The third-order valence-electron chi connectivity index (χ3n) is 3.28. The zero-order chi connectivity index (χ0) is 14.5. The SMILES string of the molecule is Cc1occc1SCC(N)c1ccc(CC(C)C)cc1. The molecule has 0 saturated heterocycles. The van der Waals surface area contributed by atoms with Crippen molar-refractivity contribution in [1.82, 2.24) is 0 Å². The van der Waals surface area contributed by atoms with E-state index in [1.807, 2.05) is 13.0 Å². The normalized spacial score (nSPS) is 12.8. The van der Waals surface area contributed by atoms with E-state index in [0.717, 1.165) is 17.9 Å². The van der Waals surface area contributed by atoms with Gasteiger partial charge in [0.15, 0.2) is 0 Å². The lowest BCUT2D eigenvalue weighted by Gasteiger charge is -2.12. The van der Waals surface area contributed by atoms with Gasteiger partial charge in [-0.3, -0.25) is 0 Å². The van der Waals surface area contributed by atoms with E-state index in [9.17, 15) is 0 Å². The van der Waals surface area contributed by atoms with Gasteiger partial charge in [0, 0.05) is 16.7 Å². The minimum absolute atomic E-state index is 0.0578. The summed E-state index contributed by atoms with van der Waals surface area (Å²) in [7, 11) is 0. The lowest BCUT2D eigenvalue weighted by Crippen LogP contribution is -2.13. The lowest BCUT2D eigenvalue weighted by molar-refractivity contribution is 0.527. The molecule has 1 aromatic heterocycles. The summed E-state index contributed by atoms with van der Waals surface area (Å²) in [5.41, 5.74) is 8.85. The molecule has 0 spiro atoms. The molecule has 1 unspecified atom stereocenters. The number of rotatable bonds is 6. The second kappa shape index (κ2) is 7.00. The molecule has 0 aliphatic carbocycles. The Bertz CT molecular complexity index is 530. The van der Waals surface area contributed by atoms with Gasteiger partial charge in [0.05, 0.1) is 6.26 Å². The zero-order valence-electron chi connectivity index (χ0n) is 12.4. The van der Waals surface area contributed by atoms with E-state index < -0.39 is 0 Å². The molecule has 2 N–H and O–H groups in total. The van der Waals surface area contributed by atoms with Crippen LogP contribution in [0.4, 0.5) is 0 Å². The van der Waals surface area contributed by atoms with Crippen LogP contribution in [0.15, 0.2) is 45.9 Å². The lowest BCUT2D eigenvalue weighted by atomic mass is 10.0. The van der Waals surface area contributed by atoms with E-state index in [4.69, 9.17) is 10.2 Å². The fourth-order valence-corrected chi connectivity index (χ4v) is 3.13. The Hall–Kier alpha value is -1.19. The zero-order valence-corrected chi connectivity index (χ0v) is 13.2. The van der Waals surface area contributed by atoms with E-state index >= 15 is 0 Å². The number of hydrogen-bond acceptors (Lipinski definition) is 3. The molecular weight excluding hydrogens is 266 g/mol. The smallest absolute Gasteiger partial charge is 0.114 e. The van der Waals surface area contributed by atoms with Crippen LogP contribution in [0.2, 0.25) is 0 Å². The first-order valence-corrected chi connectivity index (χ1v) is 8.06. The highest BCUT2D eigenvalue weighted by molar-refractivity contribution is 7.99. The second-order valence-electron chi connectivity index (χ2n) is 5.60. The van der Waals surface area contributed by atoms with Crippen LogP contribution in [0, 0.1) is 12.8 Å². The topological polar surface area (TPSA) is 39.2 Å². The molecule has 2 aromatic rings. The average molecular weight is 289 g/mol. The number of thioether (sulfide) groups is 1. The fourth-order valence-electron chi connectivity index (χ4n) is 2.17. The largest absolute Gasteiger partial charge is 0.468 e. The van der Waals surface area contributed by atoms with Gasteiger partial charge in [-0.15, -0.1) is 11.8 Å². The average Bonchev–Trinajstić information content (AvgIpc) is 2.82. The maximum Gasteiger partial charge on any atom is 0.114 e. The minimum atomic E-state index is 0.0578. The van der Waals surface area contributed by atoms with Gasteiger partial charge >= 0.3 is 0 Å². The molecule has 1 heterocycles. The predicted octanol–water partition coefficient (Wildman–Crippen LogP) is 4.58. The van der Waals surface area contributed by atoms with Crippen molar-refractivity contribution in [3.63, 3.8) is 0 Å². The van der Waals surface area contributed by atoms with Gasteiger partial charge < -0.3 is 10.2 Å². The Balaban J connectivity index is 1.92. The molecule has 1 atom stereocenters. The van der Waals surface area contributed by atoms with Crippen LogP contribution in [0.1, 0.15) is 36.8 Å². The fraction of sp³-hybridized carbons (Fsp3) is 0.412. The van der Waals surface area contributed by atoms with Crippen LogP contribution < -0.4 is 5.73 Å². The molecule has 2 nitrogen and oxygen atoms in total. The first-order valence-electron chi connectivity index (χ1n) is 7.07. The number of benzene rings is 1. The minimum Gasteiger partial charge on any atom is -0.468 e. The maximum atomic E-state index is 6.26. The number of aryl methyl sites for hydroxylation is 1. The van der Waals surface area contributed by atoms with Crippen molar-refractivity contribution < 1.29 is 4.42 Å². The summed E-state index contributed by atoms with van der Waals surface area (Å²) in [6.07, 6.45) is 2.85. The van der Waals surface area contributed by atoms with Crippen molar-refractivity contribution in [2.45, 2.75) is 38.1 Å². The van der Waals surface area contributed by atoms with E-state index in [1.54, 1.807) is 18.0 Å². The van der Waals surface area contributed by atoms with Crippen LogP contribution in [0.25, 0.3) is 0 Å². The van der Waals surface area contributed by atoms with Gasteiger partial charge in [0.1, 0.15) is 5.76 Å². The summed E-state index contributed by atoms with van der Waals surface area (Å²) in [5, 5.41) is 0. The molecule has 20 heavy (non-hydrogen) atoms.